The predicted octanol–water partition coefficient (Wildman–Crippen LogP) is 2.86. The number of rotatable bonds is 6. The molecule has 0 amide bonds. The van der Waals surface area contributed by atoms with Gasteiger partial charge in [0.2, 0.25) is 0 Å². The predicted molar refractivity (Wildman–Crippen MR) is 80.9 cm³/mol. The molecule has 1 unspecified atom stereocenters. The van der Waals surface area contributed by atoms with Crippen molar-refractivity contribution in [2.24, 2.45) is 5.73 Å². The fourth-order valence-corrected chi connectivity index (χ4v) is 2.42. The number of hydrogen-bond acceptors (Lipinski definition) is 3. The van der Waals surface area contributed by atoms with Crippen LogP contribution in [-0.4, -0.2) is 16.9 Å². The van der Waals surface area contributed by atoms with Crippen LogP contribution in [0.25, 0.3) is 0 Å². The monoisotopic (exact) mass is 291 g/mol. The van der Waals surface area contributed by atoms with Crippen molar-refractivity contribution < 1.29 is 9.13 Å². The zero-order valence-corrected chi connectivity index (χ0v) is 12.8. The molecule has 0 aliphatic carbocycles. The molecule has 0 spiro atoms. The third-order valence-corrected chi connectivity index (χ3v) is 3.61. The molecule has 2 rings (SSSR count). The summed E-state index contributed by atoms with van der Waals surface area (Å²) in [6, 6.07) is 6.84. The smallest absolute Gasteiger partial charge is 0.168 e. The summed E-state index contributed by atoms with van der Waals surface area (Å²) in [4.78, 5) is 0. The Morgan fingerprint density at radius 3 is 2.76 bits per heavy atom. The number of benzene rings is 1. The normalized spacial score (nSPS) is 12.4. The number of nitrogens with two attached hydrogens (primary N) is 1. The average Bonchev–Trinajstić information content (AvgIpc) is 2.93. The topological polar surface area (TPSA) is 53.1 Å². The van der Waals surface area contributed by atoms with E-state index in [1.54, 1.807) is 18.2 Å². The van der Waals surface area contributed by atoms with Gasteiger partial charge in [0.1, 0.15) is 0 Å². The number of nitrogens with zero attached hydrogens (tertiary/aromatic N) is 2. The Kier molecular flexibility index (Phi) is 4.96. The van der Waals surface area contributed by atoms with Crippen LogP contribution in [0.2, 0.25) is 0 Å². The minimum Gasteiger partial charge on any atom is -0.494 e. The highest BCUT2D eigenvalue weighted by atomic mass is 19.1. The molecule has 0 fully saturated rings. The molecular formula is C16H22FN3O. The molecule has 2 aromatic rings. The summed E-state index contributed by atoms with van der Waals surface area (Å²) in [5.74, 6) is -0.0910. The first kappa shape index (κ1) is 15.5. The van der Waals surface area contributed by atoms with Gasteiger partial charge in [-0.3, -0.25) is 4.68 Å². The largest absolute Gasteiger partial charge is 0.494 e. The Morgan fingerprint density at radius 1 is 1.38 bits per heavy atom. The fraction of sp³-hybridized carbons (Fsp3) is 0.438. The Morgan fingerprint density at radius 2 is 2.14 bits per heavy atom. The molecule has 0 saturated carbocycles. The van der Waals surface area contributed by atoms with Crippen molar-refractivity contribution in [1.29, 1.82) is 0 Å². The number of ether oxygens (including phenoxy) is 1. The number of methoxy groups -OCH3 is 1. The summed E-state index contributed by atoms with van der Waals surface area (Å²) in [5, 5.41) is 4.48. The Bertz CT molecular complexity index is 610. The first-order valence-electron chi connectivity index (χ1n) is 7.24. The SMILES string of the molecule is CCc1cc(C(N)Cc2cccc(OC)c2F)n(CC)n1. The van der Waals surface area contributed by atoms with E-state index in [-0.39, 0.29) is 17.6 Å². The molecule has 0 radical (unpaired) electrons. The van der Waals surface area contributed by atoms with Crippen LogP contribution in [0.3, 0.4) is 0 Å². The van der Waals surface area contributed by atoms with Crippen molar-refractivity contribution in [3.8, 4) is 5.75 Å². The van der Waals surface area contributed by atoms with Gasteiger partial charge in [-0.25, -0.2) is 4.39 Å². The molecule has 0 bridgehead atoms. The van der Waals surface area contributed by atoms with Crippen LogP contribution in [-0.2, 0) is 19.4 Å². The highest BCUT2D eigenvalue weighted by molar-refractivity contribution is 5.32. The maximum atomic E-state index is 14.2. The molecule has 2 N–H and O–H groups in total. The Hall–Kier alpha value is -1.88. The lowest BCUT2D eigenvalue weighted by Crippen LogP contribution is -2.18. The van der Waals surface area contributed by atoms with Gasteiger partial charge in [0.15, 0.2) is 11.6 Å². The van der Waals surface area contributed by atoms with Crippen molar-refractivity contribution in [3.63, 3.8) is 0 Å². The summed E-state index contributed by atoms with van der Waals surface area (Å²) in [6.07, 6.45) is 1.28. The first-order valence-corrected chi connectivity index (χ1v) is 7.24. The molecule has 114 valence electrons. The van der Waals surface area contributed by atoms with Gasteiger partial charge in [0, 0.05) is 6.54 Å². The second-order valence-corrected chi connectivity index (χ2v) is 4.97. The van der Waals surface area contributed by atoms with Crippen LogP contribution in [0, 0.1) is 5.82 Å². The number of hydrogen-bond donors (Lipinski definition) is 1. The van der Waals surface area contributed by atoms with E-state index in [1.165, 1.54) is 7.11 Å². The highest BCUT2D eigenvalue weighted by Gasteiger charge is 2.17. The first-order chi connectivity index (χ1) is 10.1. The fourth-order valence-electron chi connectivity index (χ4n) is 2.42. The number of aromatic nitrogens is 2. The molecule has 1 aromatic carbocycles. The minimum atomic E-state index is -0.339. The third-order valence-electron chi connectivity index (χ3n) is 3.61. The molecule has 0 aliphatic rings. The summed E-state index contributed by atoms with van der Waals surface area (Å²) in [5.41, 5.74) is 8.77. The second kappa shape index (κ2) is 6.72. The second-order valence-electron chi connectivity index (χ2n) is 4.97. The van der Waals surface area contributed by atoms with Gasteiger partial charge in [-0.1, -0.05) is 19.1 Å². The van der Waals surface area contributed by atoms with Crippen LogP contribution in [0.1, 0.15) is 36.8 Å². The molecule has 4 nitrogen and oxygen atoms in total. The Balaban J connectivity index is 2.25. The zero-order valence-electron chi connectivity index (χ0n) is 12.8. The van der Waals surface area contributed by atoms with Crippen molar-refractivity contribution in [3.05, 3.63) is 47.0 Å². The Labute approximate surface area is 124 Å². The van der Waals surface area contributed by atoms with Gasteiger partial charge in [-0.05, 0) is 37.5 Å². The van der Waals surface area contributed by atoms with E-state index in [1.807, 2.05) is 17.7 Å². The van der Waals surface area contributed by atoms with Crippen LogP contribution in [0.5, 0.6) is 5.75 Å². The molecule has 0 aliphatic heterocycles. The van der Waals surface area contributed by atoms with E-state index >= 15 is 0 Å². The molecule has 5 heteroatoms. The van der Waals surface area contributed by atoms with Gasteiger partial charge < -0.3 is 10.5 Å². The van der Waals surface area contributed by atoms with E-state index in [4.69, 9.17) is 10.5 Å². The number of halogens is 1. The van der Waals surface area contributed by atoms with Gasteiger partial charge >= 0.3 is 0 Å². The van der Waals surface area contributed by atoms with E-state index in [0.717, 1.165) is 24.4 Å². The van der Waals surface area contributed by atoms with Gasteiger partial charge in [-0.2, -0.15) is 5.10 Å². The van der Waals surface area contributed by atoms with Gasteiger partial charge in [0.25, 0.3) is 0 Å². The van der Waals surface area contributed by atoms with Gasteiger partial charge in [0.05, 0.1) is 24.5 Å². The van der Waals surface area contributed by atoms with E-state index < -0.39 is 0 Å². The molecule has 21 heavy (non-hydrogen) atoms. The van der Waals surface area contributed by atoms with Crippen molar-refractivity contribution in [2.45, 2.75) is 39.3 Å². The lowest BCUT2D eigenvalue weighted by atomic mass is 10.0. The van der Waals surface area contributed by atoms with Gasteiger partial charge in [-0.15, -0.1) is 0 Å². The van der Waals surface area contributed by atoms with E-state index in [2.05, 4.69) is 12.0 Å². The summed E-state index contributed by atoms with van der Waals surface area (Å²) >= 11 is 0. The lowest BCUT2D eigenvalue weighted by Gasteiger charge is -2.14. The number of aryl methyl sites for hydroxylation is 2. The molecule has 1 atom stereocenters. The minimum absolute atomic E-state index is 0.248. The molecule has 0 saturated heterocycles. The quantitative estimate of drug-likeness (QED) is 0.890. The molecular weight excluding hydrogens is 269 g/mol. The average molecular weight is 291 g/mol. The van der Waals surface area contributed by atoms with Crippen LogP contribution >= 0.6 is 0 Å². The zero-order chi connectivity index (χ0) is 15.4. The standard InChI is InChI=1S/C16H22FN3O/c1-4-12-10-14(20(5-2)19-12)13(18)9-11-7-6-8-15(21-3)16(11)17/h6-8,10,13H,4-5,9,18H2,1-3H3. The van der Waals surface area contributed by atoms with Crippen LogP contribution in [0.4, 0.5) is 4.39 Å². The summed E-state index contributed by atoms with van der Waals surface area (Å²) < 4.78 is 21.1. The lowest BCUT2D eigenvalue weighted by molar-refractivity contribution is 0.383. The molecule has 1 aromatic heterocycles. The maximum Gasteiger partial charge on any atom is 0.168 e. The van der Waals surface area contributed by atoms with Crippen molar-refractivity contribution in [1.82, 2.24) is 9.78 Å². The van der Waals surface area contributed by atoms with Crippen molar-refractivity contribution >= 4 is 0 Å². The summed E-state index contributed by atoms with van der Waals surface area (Å²) in [7, 11) is 1.46. The van der Waals surface area contributed by atoms with Crippen molar-refractivity contribution in [2.75, 3.05) is 7.11 Å². The van der Waals surface area contributed by atoms with Crippen LogP contribution in [0.15, 0.2) is 24.3 Å². The maximum absolute atomic E-state index is 14.2. The highest BCUT2D eigenvalue weighted by Crippen LogP contribution is 2.24. The van der Waals surface area contributed by atoms with Crippen LogP contribution < -0.4 is 10.5 Å². The molecule has 1 heterocycles. The van der Waals surface area contributed by atoms with E-state index in [9.17, 15) is 4.39 Å². The third kappa shape index (κ3) is 3.24. The summed E-state index contributed by atoms with van der Waals surface area (Å²) in [6.45, 7) is 4.83. The van der Waals surface area contributed by atoms with E-state index in [0.29, 0.717) is 12.0 Å².